The number of carbonyl (C=O) groups is 2. The van der Waals surface area contributed by atoms with E-state index in [1.54, 1.807) is 0 Å². The maximum atomic E-state index is 12.4. The first-order valence-electron chi connectivity index (χ1n) is 7.39. The van der Waals surface area contributed by atoms with Gasteiger partial charge in [0.2, 0.25) is 11.8 Å². The predicted molar refractivity (Wildman–Crippen MR) is 82.0 cm³/mol. The largest absolute Gasteiger partial charge is 0.393 e. The molecule has 1 saturated heterocycles. The SMILES string of the molecule is CC(C)(CN1C(=O)CC2(CCCCC2)CC1=O)C(N)=S. The van der Waals surface area contributed by atoms with E-state index in [-0.39, 0.29) is 17.2 Å². The fourth-order valence-corrected chi connectivity index (χ4v) is 3.40. The highest BCUT2D eigenvalue weighted by molar-refractivity contribution is 7.80. The van der Waals surface area contributed by atoms with Crippen LogP contribution in [0.1, 0.15) is 58.8 Å². The summed E-state index contributed by atoms with van der Waals surface area (Å²) in [7, 11) is 0. The molecule has 0 bridgehead atoms. The van der Waals surface area contributed by atoms with Crippen LogP contribution in [0.15, 0.2) is 0 Å². The van der Waals surface area contributed by atoms with Crippen molar-refractivity contribution in [2.75, 3.05) is 6.54 Å². The number of piperidine rings is 1. The van der Waals surface area contributed by atoms with Gasteiger partial charge >= 0.3 is 0 Å². The van der Waals surface area contributed by atoms with Crippen molar-refractivity contribution >= 4 is 29.0 Å². The Morgan fingerprint density at radius 3 is 2.15 bits per heavy atom. The summed E-state index contributed by atoms with van der Waals surface area (Å²) in [6.45, 7) is 4.05. The van der Waals surface area contributed by atoms with Crippen LogP contribution in [0.3, 0.4) is 0 Å². The molecule has 0 radical (unpaired) electrons. The monoisotopic (exact) mass is 296 g/mol. The molecule has 5 heteroatoms. The first-order chi connectivity index (χ1) is 9.26. The Bertz CT molecular complexity index is 419. The molecule has 1 saturated carbocycles. The molecule has 2 fully saturated rings. The first-order valence-corrected chi connectivity index (χ1v) is 7.80. The van der Waals surface area contributed by atoms with Crippen LogP contribution in [-0.2, 0) is 9.59 Å². The number of imide groups is 1. The van der Waals surface area contributed by atoms with Crippen LogP contribution < -0.4 is 5.73 Å². The lowest BCUT2D eigenvalue weighted by atomic mass is 9.67. The van der Waals surface area contributed by atoms with Crippen LogP contribution in [0, 0.1) is 10.8 Å². The van der Waals surface area contributed by atoms with E-state index in [4.69, 9.17) is 18.0 Å². The molecule has 0 aromatic carbocycles. The average Bonchev–Trinajstić information content (AvgIpc) is 2.35. The summed E-state index contributed by atoms with van der Waals surface area (Å²) in [5.41, 5.74) is 5.14. The number of likely N-dealkylation sites (tertiary alicyclic amines) is 1. The number of nitrogens with two attached hydrogens (primary N) is 1. The molecule has 2 amide bonds. The zero-order valence-electron chi connectivity index (χ0n) is 12.4. The van der Waals surface area contributed by atoms with Gasteiger partial charge in [0.25, 0.3) is 0 Å². The van der Waals surface area contributed by atoms with Crippen LogP contribution in [0.2, 0.25) is 0 Å². The zero-order valence-corrected chi connectivity index (χ0v) is 13.2. The summed E-state index contributed by atoms with van der Waals surface area (Å²) in [6.07, 6.45) is 6.53. The Kier molecular flexibility index (Phi) is 4.19. The highest BCUT2D eigenvalue weighted by atomic mass is 32.1. The van der Waals surface area contributed by atoms with Crippen molar-refractivity contribution in [1.29, 1.82) is 0 Å². The molecule has 0 aromatic rings. The minimum atomic E-state index is -0.502. The summed E-state index contributed by atoms with van der Waals surface area (Å²) in [5.74, 6) is -0.0973. The topological polar surface area (TPSA) is 63.4 Å². The Morgan fingerprint density at radius 1 is 1.20 bits per heavy atom. The summed E-state index contributed by atoms with van der Waals surface area (Å²) in [5, 5.41) is 0. The summed E-state index contributed by atoms with van der Waals surface area (Å²) in [6, 6.07) is 0. The van der Waals surface area contributed by atoms with Gasteiger partial charge in [-0.3, -0.25) is 14.5 Å². The highest BCUT2D eigenvalue weighted by Gasteiger charge is 2.45. The summed E-state index contributed by atoms with van der Waals surface area (Å²) < 4.78 is 0. The molecule has 1 aliphatic carbocycles. The van der Waals surface area contributed by atoms with Crippen molar-refractivity contribution in [3.63, 3.8) is 0 Å². The van der Waals surface area contributed by atoms with Crippen LogP contribution in [-0.4, -0.2) is 28.2 Å². The molecular formula is C15H24N2O2S. The number of thiocarbonyl (C=S) groups is 1. The number of rotatable bonds is 3. The van der Waals surface area contributed by atoms with E-state index < -0.39 is 5.41 Å². The van der Waals surface area contributed by atoms with Crippen LogP contribution in [0.5, 0.6) is 0 Å². The third-order valence-corrected chi connectivity index (χ3v) is 5.34. The van der Waals surface area contributed by atoms with Crippen LogP contribution in [0.25, 0.3) is 0 Å². The van der Waals surface area contributed by atoms with Gasteiger partial charge in [-0.05, 0) is 18.3 Å². The van der Waals surface area contributed by atoms with Gasteiger partial charge in [0.1, 0.15) is 0 Å². The van der Waals surface area contributed by atoms with E-state index in [9.17, 15) is 9.59 Å². The summed E-state index contributed by atoms with van der Waals surface area (Å²) >= 11 is 5.02. The smallest absolute Gasteiger partial charge is 0.229 e. The minimum absolute atomic E-state index is 0.0486. The lowest BCUT2D eigenvalue weighted by Crippen LogP contribution is -2.53. The molecule has 4 nitrogen and oxygen atoms in total. The number of nitrogens with zero attached hydrogens (tertiary/aromatic N) is 1. The predicted octanol–water partition coefficient (Wildman–Crippen LogP) is 2.40. The molecule has 20 heavy (non-hydrogen) atoms. The van der Waals surface area contributed by atoms with Crippen molar-refractivity contribution in [1.82, 2.24) is 4.90 Å². The van der Waals surface area contributed by atoms with Gasteiger partial charge in [0.15, 0.2) is 0 Å². The second-order valence-corrected chi connectivity index (χ2v) is 7.48. The molecule has 1 aliphatic heterocycles. The van der Waals surface area contributed by atoms with E-state index in [0.717, 1.165) is 25.7 Å². The molecule has 2 N–H and O–H groups in total. The van der Waals surface area contributed by atoms with Crippen LogP contribution in [0.4, 0.5) is 0 Å². The normalized spacial score (nSPS) is 23.2. The maximum absolute atomic E-state index is 12.4. The zero-order chi connectivity index (χ0) is 15.0. The van der Waals surface area contributed by atoms with Crippen molar-refractivity contribution in [3.05, 3.63) is 0 Å². The molecule has 2 rings (SSSR count). The minimum Gasteiger partial charge on any atom is -0.393 e. The van der Waals surface area contributed by atoms with Gasteiger partial charge in [0.05, 0.1) is 4.99 Å². The van der Waals surface area contributed by atoms with Gasteiger partial charge in [-0.15, -0.1) is 0 Å². The van der Waals surface area contributed by atoms with Gasteiger partial charge < -0.3 is 5.73 Å². The second-order valence-electron chi connectivity index (χ2n) is 7.04. The van der Waals surface area contributed by atoms with Crippen molar-refractivity contribution in [3.8, 4) is 0 Å². The van der Waals surface area contributed by atoms with E-state index in [1.165, 1.54) is 11.3 Å². The van der Waals surface area contributed by atoms with Crippen molar-refractivity contribution in [2.24, 2.45) is 16.6 Å². The van der Waals surface area contributed by atoms with Crippen molar-refractivity contribution in [2.45, 2.75) is 58.8 Å². The molecular weight excluding hydrogens is 272 g/mol. The van der Waals surface area contributed by atoms with E-state index in [2.05, 4.69) is 0 Å². The van der Waals surface area contributed by atoms with Gasteiger partial charge in [-0.1, -0.05) is 45.3 Å². The molecule has 1 spiro atoms. The third kappa shape index (κ3) is 3.03. The van der Waals surface area contributed by atoms with Crippen LogP contribution >= 0.6 is 12.2 Å². The Hall–Kier alpha value is -0.970. The molecule has 112 valence electrons. The lowest BCUT2D eigenvalue weighted by molar-refractivity contribution is -0.155. The standard InChI is InChI=1S/C15H24N2O2S/c1-14(2,13(16)20)10-17-11(18)8-15(9-12(17)19)6-4-3-5-7-15/h3-10H2,1-2H3,(H2,16,20). The Labute approximate surface area is 126 Å². The van der Waals surface area contributed by atoms with Gasteiger partial charge in [-0.25, -0.2) is 0 Å². The molecule has 2 aliphatic rings. The number of hydrogen-bond acceptors (Lipinski definition) is 3. The van der Waals surface area contributed by atoms with Gasteiger partial charge in [-0.2, -0.15) is 0 Å². The van der Waals surface area contributed by atoms with E-state index in [1.807, 2.05) is 13.8 Å². The number of amides is 2. The molecule has 0 unspecified atom stereocenters. The summed E-state index contributed by atoms with van der Waals surface area (Å²) in [4.78, 5) is 26.5. The van der Waals surface area contributed by atoms with E-state index >= 15 is 0 Å². The Balaban J connectivity index is 2.10. The molecule has 0 aromatic heterocycles. The van der Waals surface area contributed by atoms with Crippen molar-refractivity contribution < 1.29 is 9.59 Å². The quantitative estimate of drug-likeness (QED) is 0.641. The maximum Gasteiger partial charge on any atom is 0.229 e. The highest BCUT2D eigenvalue weighted by Crippen LogP contribution is 2.45. The van der Waals surface area contributed by atoms with Gasteiger partial charge in [0, 0.05) is 24.8 Å². The number of hydrogen-bond donors (Lipinski definition) is 1. The fourth-order valence-electron chi connectivity index (χ4n) is 3.34. The first kappa shape index (κ1) is 15.4. The lowest BCUT2D eigenvalue weighted by Gasteiger charge is -2.43. The third-order valence-electron chi connectivity index (χ3n) is 4.79. The van der Waals surface area contributed by atoms with E-state index in [0.29, 0.717) is 24.4 Å². The fraction of sp³-hybridized carbons (Fsp3) is 0.800. The Morgan fingerprint density at radius 2 is 1.70 bits per heavy atom. The molecule has 1 heterocycles. The second kappa shape index (κ2) is 5.43. The number of carbonyl (C=O) groups excluding carboxylic acids is 2. The molecule has 0 atom stereocenters. The average molecular weight is 296 g/mol.